The smallest absolute Gasteiger partial charge is 0.0232 e. The summed E-state index contributed by atoms with van der Waals surface area (Å²) < 4.78 is 0. The third-order valence-electron chi connectivity index (χ3n) is 4.72. The molecular weight excluding hydrogens is 204 g/mol. The van der Waals surface area contributed by atoms with Crippen molar-refractivity contribution in [1.82, 2.24) is 0 Å². The summed E-state index contributed by atoms with van der Waals surface area (Å²) in [5, 5.41) is 0. The lowest BCUT2D eigenvalue weighted by molar-refractivity contribution is 0.481. The van der Waals surface area contributed by atoms with Gasteiger partial charge >= 0.3 is 0 Å². The second kappa shape index (κ2) is 7.95. The van der Waals surface area contributed by atoms with Gasteiger partial charge in [-0.3, -0.25) is 0 Å². The molecule has 0 bridgehead atoms. The van der Waals surface area contributed by atoms with Crippen molar-refractivity contribution in [2.75, 3.05) is 0 Å². The molecule has 0 aromatic rings. The Balaban J connectivity index is 2.65. The molecule has 1 fully saturated rings. The number of hydrogen-bond acceptors (Lipinski definition) is 0. The first-order valence-corrected chi connectivity index (χ1v) is 7.89. The highest BCUT2D eigenvalue weighted by Crippen LogP contribution is 2.33. The molecule has 0 heteroatoms. The van der Waals surface area contributed by atoms with Crippen molar-refractivity contribution < 1.29 is 0 Å². The maximum Gasteiger partial charge on any atom is -0.0232 e. The molecule has 1 aliphatic carbocycles. The van der Waals surface area contributed by atoms with Gasteiger partial charge in [0.15, 0.2) is 0 Å². The van der Waals surface area contributed by atoms with Crippen molar-refractivity contribution in [3.05, 3.63) is 11.1 Å². The maximum absolute atomic E-state index is 2.44. The second-order valence-electron chi connectivity index (χ2n) is 6.05. The summed E-state index contributed by atoms with van der Waals surface area (Å²) in [5.74, 6) is 1.73. The molecule has 0 N–H and O–H groups in total. The van der Waals surface area contributed by atoms with Crippen LogP contribution < -0.4 is 0 Å². The topological polar surface area (TPSA) is 0 Å². The van der Waals surface area contributed by atoms with Crippen LogP contribution in [0.3, 0.4) is 0 Å². The van der Waals surface area contributed by atoms with E-state index in [0.29, 0.717) is 0 Å². The van der Waals surface area contributed by atoms with E-state index in [2.05, 4.69) is 27.7 Å². The fraction of sp³-hybridized carbons (Fsp3) is 0.882. The van der Waals surface area contributed by atoms with Crippen molar-refractivity contribution in [3.63, 3.8) is 0 Å². The van der Waals surface area contributed by atoms with Crippen molar-refractivity contribution >= 4 is 0 Å². The van der Waals surface area contributed by atoms with Gasteiger partial charge in [0, 0.05) is 0 Å². The minimum atomic E-state index is 0.826. The van der Waals surface area contributed by atoms with Crippen LogP contribution in [0.15, 0.2) is 11.1 Å². The molecule has 0 spiro atoms. The lowest BCUT2D eigenvalue weighted by Crippen LogP contribution is -2.07. The fourth-order valence-electron chi connectivity index (χ4n) is 2.92. The van der Waals surface area contributed by atoms with Gasteiger partial charge in [-0.25, -0.2) is 0 Å². The van der Waals surface area contributed by atoms with Gasteiger partial charge in [-0.2, -0.15) is 0 Å². The molecule has 2 atom stereocenters. The lowest BCUT2D eigenvalue weighted by atomic mass is 9.82. The van der Waals surface area contributed by atoms with Gasteiger partial charge in [0.2, 0.25) is 0 Å². The summed E-state index contributed by atoms with van der Waals surface area (Å²) in [7, 11) is 0. The van der Waals surface area contributed by atoms with Gasteiger partial charge in [-0.1, -0.05) is 51.7 Å². The number of hydrogen-bond donors (Lipinski definition) is 0. The monoisotopic (exact) mass is 236 g/mol. The van der Waals surface area contributed by atoms with Crippen LogP contribution in [0.1, 0.15) is 85.5 Å². The van der Waals surface area contributed by atoms with Crippen molar-refractivity contribution in [1.29, 1.82) is 0 Å². The quantitative estimate of drug-likeness (QED) is 0.487. The predicted octanol–water partition coefficient (Wildman–Crippen LogP) is 6.12. The molecule has 0 amide bonds. The highest BCUT2D eigenvalue weighted by atomic mass is 14.2. The standard InChI is InChI=1S/C17H32/c1-5-14(3)12-13-17(15(4)6-2)16-10-8-7-9-11-16/h14-15H,5-13H2,1-4H3. The first-order chi connectivity index (χ1) is 8.19. The van der Waals surface area contributed by atoms with E-state index >= 15 is 0 Å². The summed E-state index contributed by atoms with van der Waals surface area (Å²) in [5.41, 5.74) is 3.68. The summed E-state index contributed by atoms with van der Waals surface area (Å²) in [4.78, 5) is 0. The van der Waals surface area contributed by atoms with Crippen LogP contribution in [-0.4, -0.2) is 0 Å². The molecule has 0 saturated heterocycles. The normalized spacial score (nSPS) is 20.1. The van der Waals surface area contributed by atoms with E-state index in [1.165, 1.54) is 57.8 Å². The van der Waals surface area contributed by atoms with Gasteiger partial charge in [0.05, 0.1) is 0 Å². The molecule has 1 rings (SSSR count). The molecular formula is C17H32. The Bertz CT molecular complexity index is 228. The summed E-state index contributed by atoms with van der Waals surface area (Å²) in [6.45, 7) is 9.51. The first-order valence-electron chi connectivity index (χ1n) is 7.89. The molecule has 0 aliphatic heterocycles. The maximum atomic E-state index is 2.44. The highest BCUT2D eigenvalue weighted by Gasteiger charge is 2.16. The molecule has 0 nitrogen and oxygen atoms in total. The number of allylic oxidation sites excluding steroid dienone is 2. The van der Waals surface area contributed by atoms with E-state index in [0.717, 1.165) is 11.8 Å². The Kier molecular flexibility index (Phi) is 6.92. The van der Waals surface area contributed by atoms with Crippen LogP contribution in [0.4, 0.5) is 0 Å². The van der Waals surface area contributed by atoms with Crippen LogP contribution in [0.2, 0.25) is 0 Å². The van der Waals surface area contributed by atoms with Gasteiger partial charge in [-0.15, -0.1) is 0 Å². The highest BCUT2D eigenvalue weighted by molar-refractivity contribution is 5.18. The third kappa shape index (κ3) is 4.85. The molecule has 0 radical (unpaired) electrons. The zero-order chi connectivity index (χ0) is 12.7. The zero-order valence-corrected chi connectivity index (χ0v) is 12.5. The van der Waals surface area contributed by atoms with Crippen molar-refractivity contribution in [2.24, 2.45) is 11.8 Å². The van der Waals surface area contributed by atoms with E-state index < -0.39 is 0 Å². The van der Waals surface area contributed by atoms with Gasteiger partial charge in [0.25, 0.3) is 0 Å². The lowest BCUT2D eigenvalue weighted by Gasteiger charge is -2.24. The molecule has 0 aromatic carbocycles. The van der Waals surface area contributed by atoms with Gasteiger partial charge in [0.1, 0.15) is 0 Å². The SMILES string of the molecule is CCC(C)CCC(=C1CCCCC1)C(C)CC. The number of rotatable bonds is 6. The first kappa shape index (κ1) is 14.8. The molecule has 0 heterocycles. The molecule has 0 aromatic heterocycles. The Labute approximate surface area is 109 Å². The molecule has 17 heavy (non-hydrogen) atoms. The van der Waals surface area contributed by atoms with E-state index in [1.54, 1.807) is 0 Å². The average Bonchev–Trinajstić information content (AvgIpc) is 2.39. The third-order valence-corrected chi connectivity index (χ3v) is 4.72. The van der Waals surface area contributed by atoms with E-state index in [4.69, 9.17) is 0 Å². The summed E-state index contributed by atoms with van der Waals surface area (Å²) >= 11 is 0. The van der Waals surface area contributed by atoms with Crippen LogP contribution >= 0.6 is 0 Å². The minimum Gasteiger partial charge on any atom is -0.0707 e. The largest absolute Gasteiger partial charge is 0.0707 e. The van der Waals surface area contributed by atoms with E-state index in [1.807, 2.05) is 11.1 Å². The fourth-order valence-corrected chi connectivity index (χ4v) is 2.92. The Hall–Kier alpha value is -0.260. The summed E-state index contributed by atoms with van der Waals surface area (Å²) in [6.07, 6.45) is 12.6. The predicted molar refractivity (Wildman–Crippen MR) is 78.3 cm³/mol. The zero-order valence-electron chi connectivity index (χ0n) is 12.5. The van der Waals surface area contributed by atoms with Crippen LogP contribution in [0.5, 0.6) is 0 Å². The van der Waals surface area contributed by atoms with Gasteiger partial charge in [-0.05, 0) is 56.8 Å². The Morgan fingerprint density at radius 2 is 1.65 bits per heavy atom. The molecule has 100 valence electrons. The van der Waals surface area contributed by atoms with Crippen molar-refractivity contribution in [3.8, 4) is 0 Å². The second-order valence-corrected chi connectivity index (χ2v) is 6.05. The van der Waals surface area contributed by atoms with E-state index in [-0.39, 0.29) is 0 Å². The minimum absolute atomic E-state index is 0.826. The average molecular weight is 236 g/mol. The molecule has 2 unspecified atom stereocenters. The summed E-state index contributed by atoms with van der Waals surface area (Å²) in [6, 6.07) is 0. The molecule has 1 saturated carbocycles. The Morgan fingerprint density at radius 1 is 1.00 bits per heavy atom. The van der Waals surface area contributed by atoms with Crippen molar-refractivity contribution in [2.45, 2.75) is 85.5 Å². The van der Waals surface area contributed by atoms with Crippen LogP contribution in [-0.2, 0) is 0 Å². The van der Waals surface area contributed by atoms with Crippen LogP contribution in [0.25, 0.3) is 0 Å². The van der Waals surface area contributed by atoms with Crippen LogP contribution in [0, 0.1) is 11.8 Å². The molecule has 1 aliphatic rings. The van der Waals surface area contributed by atoms with Gasteiger partial charge < -0.3 is 0 Å². The Morgan fingerprint density at radius 3 is 2.18 bits per heavy atom. The van der Waals surface area contributed by atoms with E-state index in [9.17, 15) is 0 Å².